The minimum absolute atomic E-state index is 0.0411. The maximum atomic E-state index is 11.9. The summed E-state index contributed by atoms with van der Waals surface area (Å²) in [6.07, 6.45) is 1.59. The molecule has 1 aromatic carbocycles. The summed E-state index contributed by atoms with van der Waals surface area (Å²) in [6.45, 7) is 1.51. The van der Waals surface area contributed by atoms with Crippen molar-refractivity contribution >= 4 is 40.9 Å². The van der Waals surface area contributed by atoms with Gasteiger partial charge in [-0.05, 0) is 43.9 Å². The Labute approximate surface area is 126 Å². The van der Waals surface area contributed by atoms with Crippen molar-refractivity contribution in [3.05, 3.63) is 28.2 Å². The molecule has 0 bridgehead atoms. The van der Waals surface area contributed by atoms with Gasteiger partial charge in [0.05, 0.1) is 10.7 Å². The van der Waals surface area contributed by atoms with Gasteiger partial charge in [0.2, 0.25) is 0 Å². The largest absolute Gasteiger partial charge is 0.480 e. The van der Waals surface area contributed by atoms with Gasteiger partial charge in [-0.2, -0.15) is 0 Å². The van der Waals surface area contributed by atoms with Crippen molar-refractivity contribution < 1.29 is 14.7 Å². The molecule has 108 valence electrons. The van der Waals surface area contributed by atoms with Gasteiger partial charge in [-0.25, -0.2) is 9.59 Å². The second-order valence-corrected chi connectivity index (χ2v) is 5.83. The molecule has 0 radical (unpaired) electrons. The Hall–Kier alpha value is -1.46. The molecule has 20 heavy (non-hydrogen) atoms. The summed E-state index contributed by atoms with van der Waals surface area (Å²) in [6, 6.07) is 4.03. The number of hydrogen-bond donors (Lipinski definition) is 3. The number of aliphatic carboxylic acids is 1. The van der Waals surface area contributed by atoms with Gasteiger partial charge in [-0.15, -0.1) is 0 Å². The van der Waals surface area contributed by atoms with E-state index in [1.165, 1.54) is 13.0 Å². The third-order valence-corrected chi connectivity index (χ3v) is 3.95. The molecule has 1 saturated carbocycles. The van der Waals surface area contributed by atoms with E-state index < -0.39 is 17.5 Å². The summed E-state index contributed by atoms with van der Waals surface area (Å²) in [7, 11) is 0. The van der Waals surface area contributed by atoms with E-state index in [2.05, 4.69) is 10.6 Å². The molecule has 1 fully saturated rings. The molecule has 0 unspecified atom stereocenters. The minimum Gasteiger partial charge on any atom is -0.480 e. The van der Waals surface area contributed by atoms with E-state index in [4.69, 9.17) is 23.2 Å². The van der Waals surface area contributed by atoms with Crippen molar-refractivity contribution in [1.29, 1.82) is 0 Å². The molecule has 0 aromatic heterocycles. The van der Waals surface area contributed by atoms with E-state index in [1.807, 2.05) is 0 Å². The zero-order valence-electron chi connectivity index (χ0n) is 10.7. The first kappa shape index (κ1) is 14.9. The van der Waals surface area contributed by atoms with E-state index in [9.17, 15) is 14.7 Å². The molecule has 1 aliphatic rings. The van der Waals surface area contributed by atoms with Crippen LogP contribution in [0.1, 0.15) is 19.8 Å². The number of benzene rings is 1. The Balaban J connectivity index is 2.08. The van der Waals surface area contributed by atoms with Gasteiger partial charge in [0, 0.05) is 5.02 Å². The SMILES string of the molecule is C[C@](NC(=O)Nc1cc(Cl)ccc1Cl)(C(=O)O)C1CC1. The predicted molar refractivity (Wildman–Crippen MR) is 77.4 cm³/mol. The molecular formula is C13H14Cl2N2O3. The van der Waals surface area contributed by atoms with Gasteiger partial charge in [0.25, 0.3) is 0 Å². The fraction of sp³-hybridized carbons (Fsp3) is 0.385. The smallest absolute Gasteiger partial charge is 0.329 e. The third-order valence-electron chi connectivity index (χ3n) is 3.39. The van der Waals surface area contributed by atoms with Crippen LogP contribution in [0.15, 0.2) is 18.2 Å². The van der Waals surface area contributed by atoms with Gasteiger partial charge < -0.3 is 15.7 Å². The molecule has 2 amide bonds. The van der Waals surface area contributed by atoms with Gasteiger partial charge in [0.1, 0.15) is 5.54 Å². The number of hydrogen-bond acceptors (Lipinski definition) is 2. The molecule has 0 aliphatic heterocycles. The number of carbonyl (C=O) groups is 2. The number of rotatable bonds is 4. The van der Waals surface area contributed by atoms with Crippen LogP contribution >= 0.6 is 23.2 Å². The first-order valence-corrected chi connectivity index (χ1v) is 6.86. The number of carbonyl (C=O) groups excluding carboxylic acids is 1. The standard InChI is InChI=1S/C13H14Cl2N2O3/c1-13(11(18)19,7-2-3-7)17-12(20)16-10-6-8(14)4-5-9(10)15/h4-7H,2-3H2,1H3,(H,18,19)(H2,16,17,20)/t13-/m1/s1. The Bertz CT molecular complexity index is 561. The fourth-order valence-corrected chi connectivity index (χ4v) is 2.31. The summed E-state index contributed by atoms with van der Waals surface area (Å²) in [5.41, 5.74) is -0.935. The summed E-state index contributed by atoms with van der Waals surface area (Å²) < 4.78 is 0. The summed E-state index contributed by atoms with van der Waals surface area (Å²) in [5.74, 6) is -1.09. The molecule has 1 aromatic rings. The zero-order valence-corrected chi connectivity index (χ0v) is 12.3. The number of carboxylic acid groups (broad SMARTS) is 1. The molecular weight excluding hydrogens is 303 g/mol. The van der Waals surface area contributed by atoms with E-state index in [0.717, 1.165) is 12.8 Å². The highest BCUT2D eigenvalue weighted by molar-refractivity contribution is 6.35. The molecule has 1 aliphatic carbocycles. The number of nitrogens with one attached hydrogen (secondary N) is 2. The second-order valence-electron chi connectivity index (χ2n) is 4.99. The van der Waals surface area contributed by atoms with Crippen molar-refractivity contribution in [3.8, 4) is 0 Å². The Morgan fingerprint density at radius 2 is 2.00 bits per heavy atom. The predicted octanol–water partition coefficient (Wildman–Crippen LogP) is 3.37. The molecule has 5 nitrogen and oxygen atoms in total. The molecule has 0 saturated heterocycles. The highest BCUT2D eigenvalue weighted by Gasteiger charge is 2.48. The lowest BCUT2D eigenvalue weighted by atomic mass is 9.96. The lowest BCUT2D eigenvalue weighted by Crippen LogP contribution is -2.55. The normalized spacial score (nSPS) is 17.1. The topological polar surface area (TPSA) is 78.4 Å². The number of anilines is 1. The van der Waals surface area contributed by atoms with Gasteiger partial charge in [0.15, 0.2) is 0 Å². The van der Waals surface area contributed by atoms with Crippen molar-refractivity contribution in [2.24, 2.45) is 5.92 Å². The number of amides is 2. The van der Waals surface area contributed by atoms with Gasteiger partial charge >= 0.3 is 12.0 Å². The molecule has 0 heterocycles. The van der Waals surface area contributed by atoms with Crippen molar-refractivity contribution in [3.63, 3.8) is 0 Å². The quantitative estimate of drug-likeness (QED) is 0.796. The summed E-state index contributed by atoms with van der Waals surface area (Å²) >= 11 is 11.8. The lowest BCUT2D eigenvalue weighted by Gasteiger charge is -2.26. The summed E-state index contributed by atoms with van der Waals surface area (Å²) in [5, 5.41) is 15.0. The minimum atomic E-state index is -1.27. The summed E-state index contributed by atoms with van der Waals surface area (Å²) in [4.78, 5) is 23.3. The van der Waals surface area contributed by atoms with Crippen LogP contribution in [0.3, 0.4) is 0 Å². The number of urea groups is 1. The van der Waals surface area contributed by atoms with Gasteiger partial charge in [-0.3, -0.25) is 0 Å². The molecule has 2 rings (SSSR count). The van der Waals surface area contributed by atoms with E-state index in [0.29, 0.717) is 15.7 Å². The number of carboxylic acids is 1. The first-order valence-electron chi connectivity index (χ1n) is 6.10. The van der Waals surface area contributed by atoms with Gasteiger partial charge in [-0.1, -0.05) is 23.2 Å². The molecule has 1 atom stereocenters. The van der Waals surface area contributed by atoms with Crippen LogP contribution in [0.2, 0.25) is 10.0 Å². The average Bonchev–Trinajstić information content (AvgIpc) is 3.17. The third kappa shape index (κ3) is 3.16. The van der Waals surface area contributed by atoms with E-state index >= 15 is 0 Å². The monoisotopic (exact) mass is 316 g/mol. The molecule has 7 heteroatoms. The Kier molecular flexibility index (Phi) is 4.11. The van der Waals surface area contributed by atoms with Crippen LogP contribution in [0.5, 0.6) is 0 Å². The van der Waals surface area contributed by atoms with Crippen LogP contribution in [-0.4, -0.2) is 22.6 Å². The second kappa shape index (κ2) is 5.50. The van der Waals surface area contributed by atoms with Crippen molar-refractivity contribution in [2.75, 3.05) is 5.32 Å². The van der Waals surface area contributed by atoms with Crippen LogP contribution in [0.25, 0.3) is 0 Å². The molecule has 0 spiro atoms. The van der Waals surface area contributed by atoms with Crippen molar-refractivity contribution in [2.45, 2.75) is 25.3 Å². The lowest BCUT2D eigenvalue weighted by molar-refractivity contribution is -0.144. The Morgan fingerprint density at radius 1 is 1.35 bits per heavy atom. The van der Waals surface area contributed by atoms with E-state index in [-0.39, 0.29) is 5.92 Å². The van der Waals surface area contributed by atoms with Crippen LogP contribution in [0.4, 0.5) is 10.5 Å². The average molecular weight is 317 g/mol. The zero-order chi connectivity index (χ0) is 14.9. The highest BCUT2D eigenvalue weighted by atomic mass is 35.5. The maximum Gasteiger partial charge on any atom is 0.329 e. The van der Waals surface area contributed by atoms with Crippen LogP contribution in [0, 0.1) is 5.92 Å². The fourth-order valence-electron chi connectivity index (χ4n) is 1.97. The van der Waals surface area contributed by atoms with Crippen molar-refractivity contribution in [1.82, 2.24) is 5.32 Å². The highest BCUT2D eigenvalue weighted by Crippen LogP contribution is 2.39. The molecule has 3 N–H and O–H groups in total. The van der Waals surface area contributed by atoms with E-state index in [1.54, 1.807) is 12.1 Å². The van der Waals surface area contributed by atoms with Crippen LogP contribution in [-0.2, 0) is 4.79 Å². The maximum absolute atomic E-state index is 11.9. The van der Waals surface area contributed by atoms with Crippen LogP contribution < -0.4 is 10.6 Å². The number of halogens is 2. The Morgan fingerprint density at radius 3 is 2.55 bits per heavy atom. The first-order chi connectivity index (χ1) is 9.33.